The molecule has 2 aromatic carbocycles. The first-order valence-corrected chi connectivity index (χ1v) is 9.13. The van der Waals surface area contributed by atoms with E-state index < -0.39 is 0 Å². The van der Waals surface area contributed by atoms with Crippen molar-refractivity contribution in [1.29, 1.82) is 0 Å². The fourth-order valence-corrected chi connectivity index (χ4v) is 3.51. The van der Waals surface area contributed by atoms with Gasteiger partial charge in [0.15, 0.2) is 5.78 Å². The molecule has 1 aliphatic heterocycles. The lowest BCUT2D eigenvalue weighted by Crippen LogP contribution is -2.50. The van der Waals surface area contributed by atoms with Gasteiger partial charge in [0, 0.05) is 37.3 Å². The summed E-state index contributed by atoms with van der Waals surface area (Å²) in [6.45, 7) is 9.18. The molecule has 0 aromatic heterocycles. The van der Waals surface area contributed by atoms with Crippen LogP contribution in [-0.4, -0.2) is 54.2 Å². The molecule has 0 unspecified atom stereocenters. The Morgan fingerprint density at radius 3 is 2.19 bits per heavy atom. The minimum Gasteiger partial charge on any atom is -0.336 e. The number of ketones is 1. The first-order valence-electron chi connectivity index (χ1n) is 9.13. The summed E-state index contributed by atoms with van der Waals surface area (Å²) in [6, 6.07) is 13.7. The summed E-state index contributed by atoms with van der Waals surface area (Å²) in [4.78, 5) is 29.3. The van der Waals surface area contributed by atoms with E-state index >= 15 is 0 Å². The number of hydrogen-bond donors (Lipinski definition) is 0. The molecule has 0 bridgehead atoms. The maximum Gasteiger partial charge on any atom is 0.254 e. The second kappa shape index (κ2) is 7.83. The van der Waals surface area contributed by atoms with E-state index in [1.165, 1.54) is 5.56 Å². The first-order chi connectivity index (χ1) is 12.5. The predicted octanol–water partition coefficient (Wildman–Crippen LogP) is 3.25. The van der Waals surface area contributed by atoms with Crippen LogP contribution in [0, 0.1) is 20.8 Å². The van der Waals surface area contributed by atoms with Gasteiger partial charge in [-0.05, 0) is 38.0 Å². The van der Waals surface area contributed by atoms with Crippen LogP contribution in [0.4, 0.5) is 0 Å². The number of nitrogens with zero attached hydrogens (tertiary/aromatic N) is 2. The Hall–Kier alpha value is -2.46. The lowest BCUT2D eigenvalue weighted by Gasteiger charge is -2.34. The topological polar surface area (TPSA) is 40.6 Å². The lowest BCUT2D eigenvalue weighted by atomic mass is 10.0. The Balaban J connectivity index is 1.58. The highest BCUT2D eigenvalue weighted by Gasteiger charge is 2.24. The van der Waals surface area contributed by atoms with Gasteiger partial charge in [0.2, 0.25) is 0 Å². The maximum atomic E-state index is 12.7. The maximum absolute atomic E-state index is 12.7. The molecule has 4 nitrogen and oxygen atoms in total. The Labute approximate surface area is 155 Å². The highest BCUT2D eigenvalue weighted by Crippen LogP contribution is 2.15. The summed E-state index contributed by atoms with van der Waals surface area (Å²) in [5.41, 5.74) is 4.78. The largest absolute Gasteiger partial charge is 0.336 e. The van der Waals surface area contributed by atoms with Gasteiger partial charge >= 0.3 is 0 Å². The summed E-state index contributed by atoms with van der Waals surface area (Å²) in [5, 5.41) is 0. The van der Waals surface area contributed by atoms with E-state index in [-0.39, 0.29) is 11.7 Å². The standard InChI is InChI=1S/C22H26N2O2/c1-16-8-9-19(18(3)14-16)21(25)15-23-10-12-24(13-11-23)22(26)20-7-5-4-6-17(20)2/h4-9,14H,10-13,15H2,1-3H3. The number of hydrogen-bond acceptors (Lipinski definition) is 3. The molecule has 0 spiro atoms. The third-order valence-electron chi connectivity index (χ3n) is 5.08. The normalized spacial score (nSPS) is 15.1. The molecule has 3 rings (SSSR count). The van der Waals surface area contributed by atoms with E-state index in [1.807, 2.05) is 68.1 Å². The van der Waals surface area contributed by atoms with Crippen LogP contribution < -0.4 is 0 Å². The molecule has 1 fully saturated rings. The van der Waals surface area contributed by atoms with Crippen molar-refractivity contribution in [2.75, 3.05) is 32.7 Å². The molecule has 26 heavy (non-hydrogen) atoms. The van der Waals surface area contributed by atoms with Crippen LogP contribution in [-0.2, 0) is 0 Å². The number of carbonyl (C=O) groups excluding carboxylic acids is 2. The number of piperazine rings is 1. The second-order valence-corrected chi connectivity index (χ2v) is 7.12. The molecule has 1 aliphatic rings. The van der Waals surface area contributed by atoms with Crippen molar-refractivity contribution in [3.05, 3.63) is 70.3 Å². The van der Waals surface area contributed by atoms with Gasteiger partial charge in [0.05, 0.1) is 6.54 Å². The van der Waals surface area contributed by atoms with Gasteiger partial charge in [0.25, 0.3) is 5.91 Å². The quantitative estimate of drug-likeness (QED) is 0.795. The van der Waals surface area contributed by atoms with Crippen molar-refractivity contribution in [3.8, 4) is 0 Å². The number of Topliss-reactive ketones (excluding diaryl/α,β-unsaturated/α-hetero) is 1. The van der Waals surface area contributed by atoms with Gasteiger partial charge in [0.1, 0.15) is 0 Å². The van der Waals surface area contributed by atoms with Crippen molar-refractivity contribution >= 4 is 11.7 Å². The minimum atomic E-state index is 0.0865. The van der Waals surface area contributed by atoms with Crippen molar-refractivity contribution in [1.82, 2.24) is 9.80 Å². The van der Waals surface area contributed by atoms with Gasteiger partial charge < -0.3 is 4.90 Å². The van der Waals surface area contributed by atoms with E-state index in [2.05, 4.69) is 4.90 Å². The summed E-state index contributed by atoms with van der Waals surface area (Å²) in [7, 11) is 0. The molecular weight excluding hydrogens is 324 g/mol. The van der Waals surface area contributed by atoms with Crippen molar-refractivity contribution in [2.45, 2.75) is 20.8 Å². The number of carbonyl (C=O) groups is 2. The van der Waals surface area contributed by atoms with Gasteiger partial charge in [-0.3, -0.25) is 14.5 Å². The molecule has 1 heterocycles. The number of rotatable bonds is 4. The lowest BCUT2D eigenvalue weighted by molar-refractivity contribution is 0.0623. The molecule has 0 N–H and O–H groups in total. The number of amides is 1. The third kappa shape index (κ3) is 4.02. The van der Waals surface area contributed by atoms with Gasteiger partial charge in [-0.2, -0.15) is 0 Å². The van der Waals surface area contributed by atoms with Crippen LogP contribution in [0.15, 0.2) is 42.5 Å². The average Bonchev–Trinajstić information content (AvgIpc) is 2.62. The second-order valence-electron chi connectivity index (χ2n) is 7.12. The Morgan fingerprint density at radius 1 is 0.846 bits per heavy atom. The molecule has 1 amide bonds. The molecule has 136 valence electrons. The van der Waals surface area contributed by atoms with Crippen molar-refractivity contribution in [2.24, 2.45) is 0 Å². The van der Waals surface area contributed by atoms with Crippen LogP contribution in [0.2, 0.25) is 0 Å². The van der Waals surface area contributed by atoms with E-state index in [0.29, 0.717) is 19.6 Å². The molecule has 0 aliphatic carbocycles. The Morgan fingerprint density at radius 2 is 1.54 bits per heavy atom. The van der Waals surface area contributed by atoms with E-state index in [4.69, 9.17) is 0 Å². The average molecular weight is 350 g/mol. The fourth-order valence-electron chi connectivity index (χ4n) is 3.51. The zero-order chi connectivity index (χ0) is 18.7. The number of aryl methyl sites for hydroxylation is 3. The van der Waals surface area contributed by atoms with Crippen molar-refractivity contribution in [3.63, 3.8) is 0 Å². The SMILES string of the molecule is Cc1ccc(C(=O)CN2CCN(C(=O)c3ccccc3C)CC2)c(C)c1. The zero-order valence-corrected chi connectivity index (χ0v) is 15.8. The predicted molar refractivity (Wildman–Crippen MR) is 104 cm³/mol. The molecular formula is C22H26N2O2. The molecule has 0 atom stereocenters. The molecule has 2 aromatic rings. The van der Waals surface area contributed by atoms with Crippen LogP contribution in [0.25, 0.3) is 0 Å². The highest BCUT2D eigenvalue weighted by molar-refractivity contribution is 5.99. The molecule has 0 radical (unpaired) electrons. The van der Waals surface area contributed by atoms with Crippen LogP contribution in [0.1, 0.15) is 37.4 Å². The summed E-state index contributed by atoms with van der Waals surface area (Å²) in [5.74, 6) is 0.240. The first kappa shape index (κ1) is 18.3. The van der Waals surface area contributed by atoms with Crippen LogP contribution in [0.3, 0.4) is 0 Å². The summed E-state index contributed by atoms with van der Waals surface area (Å²) in [6.07, 6.45) is 0. The monoisotopic (exact) mass is 350 g/mol. The van der Waals surface area contributed by atoms with Gasteiger partial charge in [-0.25, -0.2) is 0 Å². The zero-order valence-electron chi connectivity index (χ0n) is 15.8. The smallest absolute Gasteiger partial charge is 0.254 e. The third-order valence-corrected chi connectivity index (χ3v) is 5.08. The van der Waals surface area contributed by atoms with Crippen LogP contribution >= 0.6 is 0 Å². The van der Waals surface area contributed by atoms with Gasteiger partial charge in [-0.15, -0.1) is 0 Å². The molecule has 1 saturated heterocycles. The van der Waals surface area contributed by atoms with Crippen LogP contribution in [0.5, 0.6) is 0 Å². The summed E-state index contributed by atoms with van der Waals surface area (Å²) >= 11 is 0. The molecule has 4 heteroatoms. The highest BCUT2D eigenvalue weighted by atomic mass is 16.2. The fraction of sp³-hybridized carbons (Fsp3) is 0.364. The number of benzene rings is 2. The Bertz CT molecular complexity index is 821. The van der Waals surface area contributed by atoms with E-state index in [0.717, 1.165) is 35.3 Å². The molecule has 0 saturated carbocycles. The summed E-state index contributed by atoms with van der Waals surface area (Å²) < 4.78 is 0. The minimum absolute atomic E-state index is 0.0865. The van der Waals surface area contributed by atoms with E-state index in [9.17, 15) is 9.59 Å². The Kier molecular flexibility index (Phi) is 5.52. The van der Waals surface area contributed by atoms with Crippen molar-refractivity contribution < 1.29 is 9.59 Å². The van der Waals surface area contributed by atoms with Gasteiger partial charge in [-0.1, -0.05) is 42.0 Å². The van der Waals surface area contributed by atoms with E-state index in [1.54, 1.807) is 0 Å².